The third-order valence-corrected chi connectivity index (χ3v) is 16.7. The van der Waals surface area contributed by atoms with Gasteiger partial charge in [0.15, 0.2) is 5.03 Å². The van der Waals surface area contributed by atoms with Gasteiger partial charge >= 0.3 is 8.32 Å². The highest BCUT2D eigenvalue weighted by Gasteiger charge is 2.52. The third kappa shape index (κ3) is 9.42. The first-order valence-electron chi connectivity index (χ1n) is 18.7. The Kier molecular flexibility index (Phi) is 12.6. The van der Waals surface area contributed by atoms with Gasteiger partial charge in [0.1, 0.15) is 24.2 Å². The molecule has 1 aliphatic heterocycles. The minimum absolute atomic E-state index is 0.101. The van der Waals surface area contributed by atoms with Crippen molar-refractivity contribution >= 4 is 34.4 Å². The van der Waals surface area contributed by atoms with Crippen molar-refractivity contribution in [1.82, 2.24) is 19.2 Å². The predicted octanol–water partition coefficient (Wildman–Crippen LogP) is 5.20. The molecule has 0 bridgehead atoms. The largest absolute Gasteiger partial charge is 0.534 e. The first-order valence-corrected chi connectivity index (χ1v) is 22.0. The maximum Gasteiger partial charge on any atom is 0.319 e. The standard InChI is InChI=1S/C42H53N5O5SSi/c1-42(2,3)54(39-11-7-5-8-12-39,40-13-9-6-10-14-40)52-38-21-19-37(20-22-38)51-31-36(48)29-43-26-23-33-15-17-34(18-16-33)45-35-24-27-47(28-25-35)53(49,50)41-30-46(4)32-44-41/h5-22,30,32,35-36,43,45,48H,23-29,31H2,1-4H3/t36-/m0/s1. The van der Waals surface area contributed by atoms with Gasteiger partial charge in [-0.25, -0.2) is 13.4 Å². The second kappa shape index (κ2) is 17.3. The summed E-state index contributed by atoms with van der Waals surface area (Å²) >= 11 is 0. The lowest BCUT2D eigenvalue weighted by atomic mass is 10.1. The number of benzene rings is 4. The van der Waals surface area contributed by atoms with Crippen LogP contribution < -0.4 is 30.2 Å². The summed E-state index contributed by atoms with van der Waals surface area (Å²) < 4.78 is 42.0. The molecule has 5 aromatic rings. The Morgan fingerprint density at radius 2 is 1.46 bits per heavy atom. The molecule has 0 radical (unpaired) electrons. The first kappa shape index (κ1) is 39.2. The van der Waals surface area contributed by atoms with Crippen molar-refractivity contribution < 1.29 is 22.7 Å². The number of sulfonamides is 1. The number of hydrogen-bond acceptors (Lipinski definition) is 8. The molecule has 0 spiro atoms. The van der Waals surface area contributed by atoms with Gasteiger partial charge in [-0.1, -0.05) is 93.6 Å². The molecule has 1 fully saturated rings. The number of imidazole rings is 1. The van der Waals surface area contributed by atoms with Crippen molar-refractivity contribution in [3.05, 3.63) is 127 Å². The molecule has 10 nitrogen and oxygen atoms in total. The number of hydrogen-bond donors (Lipinski definition) is 3. The monoisotopic (exact) mass is 767 g/mol. The highest BCUT2D eigenvalue weighted by Crippen LogP contribution is 2.38. The van der Waals surface area contributed by atoms with Gasteiger partial charge in [0.25, 0.3) is 10.0 Å². The fourth-order valence-electron chi connectivity index (χ4n) is 7.08. The van der Waals surface area contributed by atoms with E-state index in [1.54, 1.807) is 17.8 Å². The number of ether oxygens (including phenoxy) is 1. The molecule has 3 N–H and O–H groups in total. The zero-order valence-electron chi connectivity index (χ0n) is 31.7. The van der Waals surface area contributed by atoms with Crippen LogP contribution in [0, 0.1) is 0 Å². The van der Waals surface area contributed by atoms with E-state index in [1.165, 1.54) is 26.6 Å². The Morgan fingerprint density at radius 1 is 0.870 bits per heavy atom. The van der Waals surface area contributed by atoms with Crippen LogP contribution in [0.25, 0.3) is 0 Å². The quantitative estimate of drug-likeness (QED) is 0.0928. The van der Waals surface area contributed by atoms with Crippen LogP contribution in [0.4, 0.5) is 5.69 Å². The highest BCUT2D eigenvalue weighted by molar-refractivity contribution is 7.89. The van der Waals surface area contributed by atoms with Crippen molar-refractivity contribution in [2.75, 3.05) is 38.1 Å². The molecular formula is C42H53N5O5SSi. The molecule has 1 saturated heterocycles. The summed E-state index contributed by atoms with van der Waals surface area (Å²) in [4.78, 5) is 4.03. The average molecular weight is 768 g/mol. The van der Waals surface area contributed by atoms with Gasteiger partial charge in [0.2, 0.25) is 0 Å². The number of piperidine rings is 1. The molecule has 2 heterocycles. The number of aliphatic hydroxyl groups is 1. The van der Waals surface area contributed by atoms with Crippen LogP contribution in [0.3, 0.4) is 0 Å². The third-order valence-electron chi connectivity index (χ3n) is 9.99. The van der Waals surface area contributed by atoms with Crippen molar-refractivity contribution in [2.45, 2.75) is 62.2 Å². The van der Waals surface area contributed by atoms with Crippen LogP contribution >= 0.6 is 0 Å². The summed E-state index contributed by atoms with van der Waals surface area (Å²) in [6, 6.07) is 37.4. The lowest BCUT2D eigenvalue weighted by Crippen LogP contribution is -2.68. The molecule has 0 aliphatic carbocycles. The van der Waals surface area contributed by atoms with Gasteiger partial charge < -0.3 is 29.5 Å². The van der Waals surface area contributed by atoms with Gasteiger partial charge in [-0.3, -0.25) is 0 Å². The SMILES string of the molecule is Cn1cnc(S(=O)(=O)N2CCC(Nc3ccc(CCNC[C@H](O)COc4ccc(O[Si](c5ccccc5)(c5ccccc5)C(C)(C)C)cc4)cc3)CC2)c1. The number of nitrogens with zero attached hydrogens (tertiary/aromatic N) is 3. The Hall–Kier alpha value is -4.46. The number of aryl methyl sites for hydroxylation is 1. The molecule has 0 amide bonds. The topological polar surface area (TPSA) is 118 Å². The summed E-state index contributed by atoms with van der Waals surface area (Å²) in [6.07, 6.45) is 4.68. The zero-order valence-corrected chi connectivity index (χ0v) is 33.5. The van der Waals surface area contributed by atoms with E-state index < -0.39 is 24.4 Å². The number of rotatable bonds is 16. The molecule has 1 atom stereocenters. The van der Waals surface area contributed by atoms with E-state index in [0.717, 1.165) is 37.2 Å². The average Bonchev–Trinajstić information content (AvgIpc) is 3.63. The van der Waals surface area contributed by atoms with Gasteiger partial charge in [0, 0.05) is 44.6 Å². The van der Waals surface area contributed by atoms with E-state index in [1.807, 2.05) is 36.4 Å². The van der Waals surface area contributed by atoms with Gasteiger partial charge in [-0.2, -0.15) is 4.31 Å². The summed E-state index contributed by atoms with van der Waals surface area (Å²) in [5.74, 6) is 1.47. The van der Waals surface area contributed by atoms with Crippen LogP contribution in [0.15, 0.2) is 127 Å². The van der Waals surface area contributed by atoms with Crippen LogP contribution in [-0.4, -0.2) is 80.6 Å². The predicted molar refractivity (Wildman–Crippen MR) is 218 cm³/mol. The molecule has 12 heteroatoms. The summed E-state index contributed by atoms with van der Waals surface area (Å²) in [7, 11) is -4.52. The van der Waals surface area contributed by atoms with Crippen LogP contribution in [0.5, 0.6) is 11.5 Å². The van der Waals surface area contributed by atoms with Crippen molar-refractivity contribution in [3.63, 3.8) is 0 Å². The minimum Gasteiger partial charge on any atom is -0.534 e. The molecule has 0 saturated carbocycles. The number of aliphatic hydroxyl groups excluding tert-OH is 1. The van der Waals surface area contributed by atoms with E-state index in [-0.39, 0.29) is 22.7 Å². The van der Waals surface area contributed by atoms with E-state index in [2.05, 4.69) is 109 Å². The van der Waals surface area contributed by atoms with Crippen LogP contribution in [0.1, 0.15) is 39.2 Å². The van der Waals surface area contributed by atoms with Crippen LogP contribution in [0.2, 0.25) is 5.04 Å². The maximum atomic E-state index is 12.9. The lowest BCUT2D eigenvalue weighted by Gasteiger charge is -2.43. The minimum atomic E-state index is -3.56. The molecule has 1 aliphatic rings. The Labute approximate surface area is 321 Å². The fourth-order valence-corrected chi connectivity index (χ4v) is 12.9. The molecule has 0 unspecified atom stereocenters. The smallest absolute Gasteiger partial charge is 0.319 e. The zero-order chi connectivity index (χ0) is 38.2. The fraction of sp³-hybridized carbons (Fsp3) is 0.357. The van der Waals surface area contributed by atoms with E-state index >= 15 is 0 Å². The molecular weight excluding hydrogens is 715 g/mol. The van der Waals surface area contributed by atoms with Crippen molar-refractivity contribution in [3.8, 4) is 11.5 Å². The van der Waals surface area contributed by atoms with Gasteiger partial charge in [-0.15, -0.1) is 0 Å². The molecule has 1 aromatic heterocycles. The molecule has 54 heavy (non-hydrogen) atoms. The van der Waals surface area contributed by atoms with Crippen molar-refractivity contribution in [2.24, 2.45) is 7.05 Å². The Bertz CT molecular complexity index is 1970. The normalized spacial score (nSPS) is 15.1. The molecule has 4 aromatic carbocycles. The van der Waals surface area contributed by atoms with Gasteiger partial charge in [0.05, 0.1) is 6.33 Å². The second-order valence-electron chi connectivity index (χ2n) is 15.1. The summed E-state index contributed by atoms with van der Waals surface area (Å²) in [5, 5.41) is 19.9. The highest BCUT2D eigenvalue weighted by atomic mass is 32.2. The number of anilines is 1. The lowest BCUT2D eigenvalue weighted by molar-refractivity contribution is 0.106. The first-order chi connectivity index (χ1) is 25.9. The summed E-state index contributed by atoms with van der Waals surface area (Å²) in [5.41, 5.74) is 2.21. The van der Waals surface area contributed by atoms with E-state index in [0.29, 0.717) is 25.4 Å². The number of aromatic nitrogens is 2. The molecule has 6 rings (SSSR count). The van der Waals surface area contributed by atoms with E-state index in [4.69, 9.17) is 9.16 Å². The van der Waals surface area contributed by atoms with E-state index in [9.17, 15) is 13.5 Å². The number of nitrogens with one attached hydrogen (secondary N) is 2. The molecule has 286 valence electrons. The maximum absolute atomic E-state index is 12.9. The van der Waals surface area contributed by atoms with Gasteiger partial charge in [-0.05, 0) is 83.2 Å². The second-order valence-corrected chi connectivity index (χ2v) is 21.2. The Morgan fingerprint density at radius 3 is 2.02 bits per heavy atom. The summed E-state index contributed by atoms with van der Waals surface area (Å²) in [6.45, 7) is 9.02. The van der Waals surface area contributed by atoms with Crippen LogP contribution in [-0.2, 0) is 23.5 Å². The Balaban J connectivity index is 0.923. The van der Waals surface area contributed by atoms with Crippen molar-refractivity contribution in [1.29, 1.82) is 0 Å².